The van der Waals surface area contributed by atoms with Crippen LogP contribution >= 0.6 is 0 Å². The van der Waals surface area contributed by atoms with E-state index in [1.807, 2.05) is 55.5 Å². The Balaban J connectivity index is 1.37. The number of rotatable bonds is 8. The van der Waals surface area contributed by atoms with Gasteiger partial charge in [0.2, 0.25) is 5.91 Å². The molecule has 0 spiro atoms. The first-order valence-corrected chi connectivity index (χ1v) is 10.6. The van der Waals surface area contributed by atoms with Crippen LogP contribution in [-0.4, -0.2) is 27.8 Å². The van der Waals surface area contributed by atoms with E-state index in [9.17, 15) is 9.59 Å². The number of amides is 2. The monoisotopic (exact) mass is 430 g/mol. The third-order valence-electron chi connectivity index (χ3n) is 5.18. The van der Waals surface area contributed by atoms with Crippen LogP contribution in [-0.2, 0) is 24.1 Å². The predicted molar refractivity (Wildman–Crippen MR) is 124 cm³/mol. The lowest BCUT2D eigenvalue weighted by Gasteiger charge is -2.12. The van der Waals surface area contributed by atoms with Gasteiger partial charge in [-0.05, 0) is 61.4 Å². The van der Waals surface area contributed by atoms with Crippen molar-refractivity contribution in [1.29, 1.82) is 0 Å². The molecule has 0 saturated heterocycles. The van der Waals surface area contributed by atoms with Gasteiger partial charge in [-0.2, -0.15) is 0 Å². The second kappa shape index (κ2) is 9.51. The Morgan fingerprint density at radius 3 is 2.62 bits per heavy atom. The van der Waals surface area contributed by atoms with Crippen molar-refractivity contribution in [1.82, 2.24) is 15.3 Å². The van der Waals surface area contributed by atoms with Crippen molar-refractivity contribution in [2.75, 3.05) is 5.32 Å². The Labute approximate surface area is 186 Å². The number of nitrogens with one attached hydrogen (secondary N) is 3. The number of aromatic nitrogens is 2. The molecule has 0 aliphatic carbocycles. The number of furan rings is 1. The number of nitrogens with zero attached hydrogens (tertiary/aromatic N) is 1. The Hall–Kier alpha value is -3.87. The van der Waals surface area contributed by atoms with Crippen molar-refractivity contribution in [3.05, 3.63) is 83.6 Å². The highest BCUT2D eigenvalue weighted by atomic mass is 16.3. The molecule has 0 saturated carbocycles. The lowest BCUT2D eigenvalue weighted by molar-refractivity contribution is -0.114. The molecule has 7 heteroatoms. The summed E-state index contributed by atoms with van der Waals surface area (Å²) >= 11 is 0. The van der Waals surface area contributed by atoms with Gasteiger partial charge in [-0.25, -0.2) is 4.98 Å². The average molecular weight is 431 g/mol. The highest BCUT2D eigenvalue weighted by Crippen LogP contribution is 2.17. The number of aromatic amines is 1. The highest BCUT2D eigenvalue weighted by molar-refractivity contribution is 5.97. The van der Waals surface area contributed by atoms with Crippen LogP contribution in [0.15, 0.2) is 65.3 Å². The summed E-state index contributed by atoms with van der Waals surface area (Å²) in [6.45, 7) is 3.45. The fourth-order valence-electron chi connectivity index (χ4n) is 3.63. The van der Waals surface area contributed by atoms with E-state index in [2.05, 4.69) is 20.6 Å². The van der Waals surface area contributed by atoms with Crippen molar-refractivity contribution in [2.45, 2.75) is 39.2 Å². The Morgan fingerprint density at radius 1 is 1.09 bits per heavy atom. The third-order valence-corrected chi connectivity index (χ3v) is 5.18. The van der Waals surface area contributed by atoms with E-state index < -0.39 is 0 Å². The van der Waals surface area contributed by atoms with Gasteiger partial charge in [0.25, 0.3) is 5.91 Å². The van der Waals surface area contributed by atoms with Crippen molar-refractivity contribution in [2.24, 2.45) is 0 Å². The van der Waals surface area contributed by atoms with Gasteiger partial charge >= 0.3 is 0 Å². The maximum Gasteiger partial charge on any atom is 0.251 e. The molecule has 164 valence electrons. The lowest BCUT2D eigenvalue weighted by Crippen LogP contribution is -2.33. The van der Waals surface area contributed by atoms with Crippen LogP contribution in [0.1, 0.15) is 41.4 Å². The molecule has 0 fully saturated rings. The van der Waals surface area contributed by atoms with Crippen LogP contribution < -0.4 is 10.6 Å². The van der Waals surface area contributed by atoms with Gasteiger partial charge in [0, 0.05) is 37.1 Å². The SMILES string of the molecule is CC(=O)Nc1ccc(CCc2nc3ccc(C(=O)N[C@@H](C)Cc4ccco4)cc3[nH]2)cc1. The van der Waals surface area contributed by atoms with Crippen molar-refractivity contribution in [3.63, 3.8) is 0 Å². The van der Waals surface area contributed by atoms with Gasteiger partial charge in [-0.1, -0.05) is 12.1 Å². The van der Waals surface area contributed by atoms with Crippen molar-refractivity contribution >= 4 is 28.5 Å². The zero-order valence-electron chi connectivity index (χ0n) is 18.1. The van der Waals surface area contributed by atoms with Crippen molar-refractivity contribution in [3.8, 4) is 0 Å². The normalized spacial score (nSPS) is 11.9. The second-order valence-corrected chi connectivity index (χ2v) is 7.95. The first-order chi connectivity index (χ1) is 15.5. The van der Waals surface area contributed by atoms with E-state index in [0.29, 0.717) is 12.0 Å². The summed E-state index contributed by atoms with van der Waals surface area (Å²) in [6.07, 6.45) is 3.84. The van der Waals surface area contributed by atoms with Crippen LogP contribution in [0.25, 0.3) is 11.0 Å². The number of anilines is 1. The highest BCUT2D eigenvalue weighted by Gasteiger charge is 2.13. The zero-order chi connectivity index (χ0) is 22.5. The number of imidazole rings is 1. The molecule has 0 aliphatic heterocycles. The first-order valence-electron chi connectivity index (χ1n) is 10.6. The molecular weight excluding hydrogens is 404 g/mol. The summed E-state index contributed by atoms with van der Waals surface area (Å²) in [5.74, 6) is 1.51. The molecule has 0 aliphatic rings. The van der Waals surface area contributed by atoms with Crippen LogP contribution in [0.2, 0.25) is 0 Å². The van der Waals surface area contributed by atoms with Crippen molar-refractivity contribution < 1.29 is 14.0 Å². The topological polar surface area (TPSA) is 100 Å². The standard InChI is InChI=1S/C25H26N4O3/c1-16(14-21-4-3-13-32-21)26-25(31)19-8-11-22-23(15-19)29-24(28-22)12-7-18-5-9-20(10-6-18)27-17(2)30/h3-6,8-11,13,15-16H,7,12,14H2,1-2H3,(H,26,31)(H,27,30)(H,28,29)/t16-/m0/s1. The Bertz CT molecular complexity index is 1210. The molecule has 1 atom stereocenters. The maximum atomic E-state index is 12.6. The van der Waals surface area contributed by atoms with Gasteiger partial charge < -0.3 is 20.0 Å². The number of hydrogen-bond donors (Lipinski definition) is 3. The van der Waals surface area contributed by atoms with Gasteiger partial charge in [-0.15, -0.1) is 0 Å². The number of carbonyl (C=O) groups excluding carboxylic acids is 2. The van der Waals surface area contributed by atoms with Gasteiger partial charge in [0.1, 0.15) is 11.6 Å². The molecule has 7 nitrogen and oxygen atoms in total. The van der Waals surface area contributed by atoms with Gasteiger partial charge in [0.15, 0.2) is 0 Å². The molecule has 2 aromatic carbocycles. The molecular formula is C25H26N4O3. The third kappa shape index (κ3) is 5.43. The summed E-state index contributed by atoms with van der Waals surface area (Å²) in [6, 6.07) is 17.0. The van der Waals surface area contributed by atoms with E-state index in [-0.39, 0.29) is 17.9 Å². The van der Waals surface area contributed by atoms with E-state index in [1.54, 1.807) is 12.3 Å². The molecule has 2 amide bonds. The van der Waals surface area contributed by atoms with E-state index >= 15 is 0 Å². The summed E-state index contributed by atoms with van der Waals surface area (Å²) in [5.41, 5.74) is 4.21. The van der Waals surface area contributed by atoms with Crippen LogP contribution in [0.3, 0.4) is 0 Å². The fourth-order valence-corrected chi connectivity index (χ4v) is 3.63. The molecule has 4 rings (SSSR count). The quantitative estimate of drug-likeness (QED) is 0.389. The number of H-pyrrole nitrogens is 1. The number of benzene rings is 2. The molecule has 0 bridgehead atoms. The number of aryl methyl sites for hydroxylation is 2. The Kier molecular flexibility index (Phi) is 6.35. The maximum absolute atomic E-state index is 12.6. The molecule has 2 aromatic heterocycles. The van der Waals surface area contributed by atoms with Crippen LogP contribution in [0.5, 0.6) is 0 Å². The summed E-state index contributed by atoms with van der Waals surface area (Å²) in [5, 5.41) is 5.77. The number of hydrogen-bond acceptors (Lipinski definition) is 4. The second-order valence-electron chi connectivity index (χ2n) is 7.95. The van der Waals surface area contributed by atoms with Crippen LogP contribution in [0.4, 0.5) is 5.69 Å². The minimum Gasteiger partial charge on any atom is -0.469 e. The van der Waals surface area contributed by atoms with E-state index in [0.717, 1.165) is 46.7 Å². The van der Waals surface area contributed by atoms with Gasteiger partial charge in [0.05, 0.1) is 17.3 Å². The van der Waals surface area contributed by atoms with E-state index in [1.165, 1.54) is 6.92 Å². The number of carbonyl (C=O) groups is 2. The Morgan fingerprint density at radius 2 is 1.91 bits per heavy atom. The summed E-state index contributed by atoms with van der Waals surface area (Å²) in [4.78, 5) is 31.7. The van der Waals surface area contributed by atoms with Crippen LogP contribution in [0, 0.1) is 0 Å². The molecule has 2 heterocycles. The largest absolute Gasteiger partial charge is 0.469 e. The molecule has 0 radical (unpaired) electrons. The lowest BCUT2D eigenvalue weighted by atomic mass is 10.1. The molecule has 3 N–H and O–H groups in total. The number of fused-ring (bicyclic) bond motifs is 1. The molecule has 0 unspecified atom stereocenters. The average Bonchev–Trinajstić information content (AvgIpc) is 3.41. The minimum atomic E-state index is -0.124. The minimum absolute atomic E-state index is 0.0429. The predicted octanol–water partition coefficient (Wildman–Crippen LogP) is 4.26. The molecule has 32 heavy (non-hydrogen) atoms. The summed E-state index contributed by atoms with van der Waals surface area (Å²) in [7, 11) is 0. The molecule has 4 aromatic rings. The van der Waals surface area contributed by atoms with E-state index in [4.69, 9.17) is 4.42 Å². The summed E-state index contributed by atoms with van der Waals surface area (Å²) < 4.78 is 5.35. The zero-order valence-corrected chi connectivity index (χ0v) is 18.1. The van der Waals surface area contributed by atoms with Gasteiger partial charge in [-0.3, -0.25) is 9.59 Å². The first kappa shape index (κ1) is 21.4. The smallest absolute Gasteiger partial charge is 0.251 e. The fraction of sp³-hybridized carbons (Fsp3) is 0.240.